The molecule has 2 aromatic rings. The van der Waals surface area contributed by atoms with E-state index in [1.54, 1.807) is 0 Å². The van der Waals surface area contributed by atoms with E-state index in [1.807, 2.05) is 13.1 Å². The predicted octanol–water partition coefficient (Wildman–Crippen LogP) is 3.00. The summed E-state index contributed by atoms with van der Waals surface area (Å²) in [4.78, 5) is 7.56. The Morgan fingerprint density at radius 2 is 1.93 bits per heavy atom. The van der Waals surface area contributed by atoms with Gasteiger partial charge in [0.1, 0.15) is 5.82 Å². The second-order valence-electron chi connectivity index (χ2n) is 3.73. The standard InChI is InChI=1S/C12H14N2/c1-8-4-5-11(9(2)6-8)12-13-7-10(3)14-12/h4-7H,1-3H3,(H,13,14). The van der Waals surface area contributed by atoms with Crippen molar-refractivity contribution >= 4 is 0 Å². The minimum atomic E-state index is 0.958. The maximum Gasteiger partial charge on any atom is 0.137 e. The summed E-state index contributed by atoms with van der Waals surface area (Å²) in [6, 6.07) is 6.40. The lowest BCUT2D eigenvalue weighted by molar-refractivity contribution is 1.24. The fourth-order valence-corrected chi connectivity index (χ4v) is 1.63. The van der Waals surface area contributed by atoms with Crippen molar-refractivity contribution in [2.45, 2.75) is 20.8 Å². The van der Waals surface area contributed by atoms with Crippen molar-refractivity contribution in [3.63, 3.8) is 0 Å². The molecule has 1 heterocycles. The molecule has 1 aromatic carbocycles. The maximum atomic E-state index is 4.32. The van der Waals surface area contributed by atoms with Gasteiger partial charge in [-0.2, -0.15) is 0 Å². The van der Waals surface area contributed by atoms with Gasteiger partial charge >= 0.3 is 0 Å². The fraction of sp³-hybridized carbons (Fsp3) is 0.250. The number of aromatic amines is 1. The van der Waals surface area contributed by atoms with Crippen LogP contribution in [-0.4, -0.2) is 9.97 Å². The van der Waals surface area contributed by atoms with Crippen molar-refractivity contribution in [2.24, 2.45) is 0 Å². The van der Waals surface area contributed by atoms with Crippen molar-refractivity contribution < 1.29 is 0 Å². The van der Waals surface area contributed by atoms with Crippen molar-refractivity contribution in [1.82, 2.24) is 9.97 Å². The van der Waals surface area contributed by atoms with E-state index in [1.165, 1.54) is 16.7 Å². The molecule has 0 bridgehead atoms. The number of nitrogens with one attached hydrogen (secondary N) is 1. The third-order valence-corrected chi connectivity index (χ3v) is 2.34. The Kier molecular flexibility index (Phi) is 2.12. The third-order valence-electron chi connectivity index (χ3n) is 2.34. The third kappa shape index (κ3) is 1.55. The molecule has 1 aromatic heterocycles. The summed E-state index contributed by atoms with van der Waals surface area (Å²) in [7, 11) is 0. The molecule has 72 valence electrons. The van der Waals surface area contributed by atoms with E-state index in [0.717, 1.165) is 11.5 Å². The zero-order valence-electron chi connectivity index (χ0n) is 8.76. The highest BCUT2D eigenvalue weighted by molar-refractivity contribution is 5.60. The Balaban J connectivity index is 2.52. The fourth-order valence-electron chi connectivity index (χ4n) is 1.63. The van der Waals surface area contributed by atoms with Crippen LogP contribution < -0.4 is 0 Å². The molecular formula is C12H14N2. The van der Waals surface area contributed by atoms with Crippen molar-refractivity contribution in [1.29, 1.82) is 0 Å². The number of hydrogen-bond acceptors (Lipinski definition) is 1. The summed E-state index contributed by atoms with van der Waals surface area (Å²) < 4.78 is 0. The van der Waals surface area contributed by atoms with Crippen LogP contribution in [0.1, 0.15) is 16.8 Å². The van der Waals surface area contributed by atoms with Crippen LogP contribution in [0.2, 0.25) is 0 Å². The second kappa shape index (κ2) is 3.29. The van der Waals surface area contributed by atoms with Crippen LogP contribution in [0.5, 0.6) is 0 Å². The van der Waals surface area contributed by atoms with Gasteiger partial charge in [-0.1, -0.05) is 23.8 Å². The molecule has 2 rings (SSSR count). The molecule has 0 radical (unpaired) electrons. The van der Waals surface area contributed by atoms with Gasteiger partial charge in [0.15, 0.2) is 0 Å². The van der Waals surface area contributed by atoms with E-state index in [2.05, 4.69) is 42.0 Å². The first kappa shape index (κ1) is 9.00. The molecule has 0 aliphatic rings. The normalized spacial score (nSPS) is 10.5. The molecule has 0 aliphatic heterocycles. The van der Waals surface area contributed by atoms with Gasteiger partial charge in [-0.05, 0) is 26.3 Å². The molecule has 0 atom stereocenters. The summed E-state index contributed by atoms with van der Waals surface area (Å²) in [6.07, 6.45) is 1.86. The van der Waals surface area contributed by atoms with Crippen LogP contribution >= 0.6 is 0 Å². The van der Waals surface area contributed by atoms with Gasteiger partial charge in [0.2, 0.25) is 0 Å². The molecule has 0 aliphatic carbocycles. The zero-order chi connectivity index (χ0) is 10.1. The summed E-state index contributed by atoms with van der Waals surface area (Å²) in [6.45, 7) is 6.23. The number of benzene rings is 1. The number of aryl methyl sites for hydroxylation is 3. The lowest BCUT2D eigenvalue weighted by Gasteiger charge is -2.03. The largest absolute Gasteiger partial charge is 0.342 e. The van der Waals surface area contributed by atoms with E-state index < -0.39 is 0 Å². The molecule has 0 unspecified atom stereocenters. The van der Waals surface area contributed by atoms with Crippen LogP contribution in [0, 0.1) is 20.8 Å². The minimum Gasteiger partial charge on any atom is -0.342 e. The van der Waals surface area contributed by atoms with Gasteiger partial charge in [0.25, 0.3) is 0 Å². The Morgan fingerprint density at radius 1 is 1.14 bits per heavy atom. The van der Waals surface area contributed by atoms with Gasteiger partial charge in [-0.15, -0.1) is 0 Å². The molecule has 2 heteroatoms. The highest BCUT2D eigenvalue weighted by Gasteiger charge is 2.04. The van der Waals surface area contributed by atoms with Crippen molar-refractivity contribution in [3.05, 3.63) is 41.2 Å². The van der Waals surface area contributed by atoms with Crippen molar-refractivity contribution in [2.75, 3.05) is 0 Å². The molecule has 0 amide bonds. The number of rotatable bonds is 1. The van der Waals surface area contributed by atoms with E-state index in [9.17, 15) is 0 Å². The first-order chi connectivity index (χ1) is 6.66. The summed E-state index contributed by atoms with van der Waals surface area (Å²) in [5, 5.41) is 0. The average Bonchev–Trinajstić information content (AvgIpc) is 2.51. The second-order valence-corrected chi connectivity index (χ2v) is 3.73. The van der Waals surface area contributed by atoms with Crippen LogP contribution in [0.15, 0.2) is 24.4 Å². The number of H-pyrrole nitrogens is 1. The van der Waals surface area contributed by atoms with Crippen LogP contribution in [0.4, 0.5) is 0 Å². The lowest BCUT2D eigenvalue weighted by atomic mass is 10.1. The molecule has 14 heavy (non-hydrogen) atoms. The summed E-state index contributed by atoms with van der Waals surface area (Å²) in [5.74, 6) is 0.958. The van der Waals surface area contributed by atoms with E-state index in [4.69, 9.17) is 0 Å². The Morgan fingerprint density at radius 3 is 2.50 bits per heavy atom. The van der Waals surface area contributed by atoms with Crippen LogP contribution in [-0.2, 0) is 0 Å². The van der Waals surface area contributed by atoms with Crippen LogP contribution in [0.25, 0.3) is 11.4 Å². The zero-order valence-corrected chi connectivity index (χ0v) is 8.76. The van der Waals surface area contributed by atoms with Crippen LogP contribution in [0.3, 0.4) is 0 Å². The Hall–Kier alpha value is -1.57. The number of nitrogens with zero attached hydrogens (tertiary/aromatic N) is 1. The first-order valence-corrected chi connectivity index (χ1v) is 4.76. The van der Waals surface area contributed by atoms with Gasteiger partial charge in [0, 0.05) is 17.5 Å². The van der Waals surface area contributed by atoms with Crippen molar-refractivity contribution in [3.8, 4) is 11.4 Å². The van der Waals surface area contributed by atoms with Gasteiger partial charge in [0.05, 0.1) is 0 Å². The van der Waals surface area contributed by atoms with Gasteiger partial charge in [-0.25, -0.2) is 4.98 Å². The number of aromatic nitrogens is 2. The predicted molar refractivity (Wildman–Crippen MR) is 58.2 cm³/mol. The number of hydrogen-bond donors (Lipinski definition) is 1. The average molecular weight is 186 g/mol. The minimum absolute atomic E-state index is 0.958. The molecule has 1 N–H and O–H groups in total. The number of imidazole rings is 1. The van der Waals surface area contributed by atoms with Gasteiger partial charge < -0.3 is 4.98 Å². The highest BCUT2D eigenvalue weighted by atomic mass is 14.9. The Bertz CT molecular complexity index is 455. The lowest BCUT2D eigenvalue weighted by Crippen LogP contribution is -1.86. The SMILES string of the molecule is Cc1ccc(-c2ncc(C)[nH]2)c(C)c1. The Labute approximate surface area is 84.0 Å². The molecule has 2 nitrogen and oxygen atoms in total. The molecule has 0 spiro atoms. The summed E-state index contributed by atoms with van der Waals surface area (Å²) in [5.41, 5.74) is 4.83. The maximum absolute atomic E-state index is 4.32. The molecule has 0 saturated heterocycles. The summed E-state index contributed by atoms with van der Waals surface area (Å²) >= 11 is 0. The quantitative estimate of drug-likeness (QED) is 0.728. The first-order valence-electron chi connectivity index (χ1n) is 4.76. The molecule has 0 fully saturated rings. The molecular weight excluding hydrogens is 172 g/mol. The van der Waals surface area contributed by atoms with E-state index in [-0.39, 0.29) is 0 Å². The van der Waals surface area contributed by atoms with E-state index >= 15 is 0 Å². The smallest absolute Gasteiger partial charge is 0.137 e. The highest BCUT2D eigenvalue weighted by Crippen LogP contribution is 2.20. The molecule has 0 saturated carbocycles. The monoisotopic (exact) mass is 186 g/mol. The van der Waals surface area contributed by atoms with E-state index in [0.29, 0.717) is 0 Å². The topological polar surface area (TPSA) is 28.7 Å². The van der Waals surface area contributed by atoms with Gasteiger partial charge in [-0.3, -0.25) is 0 Å².